The number of Topliss-reactive ketones (excluding diaryl/α,β-unsaturated/α-hetero) is 1. The maximum Gasteiger partial charge on any atom is 0.265 e. The molecule has 6 rings (SSSR count). The highest BCUT2D eigenvalue weighted by Crippen LogP contribution is 2.46. The van der Waals surface area contributed by atoms with E-state index in [1.54, 1.807) is 18.3 Å². The van der Waals surface area contributed by atoms with E-state index in [9.17, 15) is 14.0 Å². The van der Waals surface area contributed by atoms with Gasteiger partial charge in [0.1, 0.15) is 11.6 Å². The van der Waals surface area contributed by atoms with Crippen molar-refractivity contribution in [2.24, 2.45) is 0 Å². The van der Waals surface area contributed by atoms with Crippen molar-refractivity contribution >= 4 is 16.7 Å². The summed E-state index contributed by atoms with van der Waals surface area (Å²) < 4.78 is 35.5. The lowest BCUT2D eigenvalue weighted by atomic mass is 10.0. The molecule has 0 radical (unpaired) electrons. The Labute approximate surface area is 210 Å². The molecule has 0 saturated heterocycles. The Morgan fingerprint density at radius 2 is 1.84 bits per heavy atom. The maximum absolute atomic E-state index is 15.0. The zero-order valence-electron chi connectivity index (χ0n) is 19.6. The number of nitrogens with zero attached hydrogens (tertiary/aromatic N) is 2. The Bertz CT molecular complexity index is 1700. The van der Waals surface area contributed by atoms with Crippen LogP contribution in [0.3, 0.4) is 0 Å². The number of rotatable bonds is 7. The molecule has 3 aromatic carbocycles. The first kappa shape index (κ1) is 22.8. The summed E-state index contributed by atoms with van der Waals surface area (Å²) in [7, 11) is 0. The van der Waals surface area contributed by atoms with Gasteiger partial charge in [-0.25, -0.2) is 8.78 Å². The van der Waals surface area contributed by atoms with Gasteiger partial charge < -0.3 is 4.74 Å². The fourth-order valence-corrected chi connectivity index (χ4v) is 4.44. The Balaban J connectivity index is 1.23. The monoisotopic (exact) mass is 497 g/mol. The van der Waals surface area contributed by atoms with E-state index in [-0.39, 0.29) is 17.7 Å². The molecule has 5 aromatic rings. The molecule has 1 aliphatic carbocycles. The van der Waals surface area contributed by atoms with E-state index < -0.39 is 23.0 Å². The van der Waals surface area contributed by atoms with Crippen molar-refractivity contribution in [2.45, 2.75) is 25.2 Å². The van der Waals surface area contributed by atoms with Crippen LogP contribution >= 0.6 is 0 Å². The second kappa shape index (κ2) is 9.13. The molecule has 1 fully saturated rings. The number of aromatic amines is 1. The Hall–Kier alpha value is -4.59. The fraction of sp³-hybridized carbons (Fsp3) is 0.138. The minimum Gasteiger partial charge on any atom is -0.454 e. The molecule has 2 aromatic heterocycles. The van der Waals surface area contributed by atoms with Crippen LogP contribution in [0.25, 0.3) is 16.6 Å². The summed E-state index contributed by atoms with van der Waals surface area (Å²) in [6.45, 7) is 0. The summed E-state index contributed by atoms with van der Waals surface area (Å²) >= 11 is 0. The minimum atomic E-state index is -0.601. The van der Waals surface area contributed by atoms with Crippen molar-refractivity contribution in [1.82, 2.24) is 14.8 Å². The van der Waals surface area contributed by atoms with Crippen molar-refractivity contribution in [2.75, 3.05) is 0 Å². The van der Waals surface area contributed by atoms with Crippen LogP contribution in [0.15, 0.2) is 83.9 Å². The van der Waals surface area contributed by atoms with Crippen molar-refractivity contribution < 1.29 is 18.3 Å². The Morgan fingerprint density at radius 1 is 1.03 bits per heavy atom. The summed E-state index contributed by atoms with van der Waals surface area (Å²) in [5.41, 5.74) is 2.21. The number of fused-ring (bicyclic) bond motifs is 1. The van der Waals surface area contributed by atoms with Gasteiger partial charge in [0.25, 0.3) is 5.56 Å². The van der Waals surface area contributed by atoms with E-state index in [4.69, 9.17) is 4.74 Å². The molecule has 0 aliphatic heterocycles. The summed E-state index contributed by atoms with van der Waals surface area (Å²) in [6, 6.07) is 16.6. The minimum absolute atomic E-state index is 0.0324. The first-order chi connectivity index (χ1) is 18.0. The summed E-state index contributed by atoms with van der Waals surface area (Å²) in [5, 5.41) is 7.88. The molecule has 0 bridgehead atoms. The van der Waals surface area contributed by atoms with Crippen molar-refractivity contribution in [3.8, 4) is 17.2 Å². The molecule has 1 N–H and O–H groups in total. The normalized spacial score (nSPS) is 13.1. The van der Waals surface area contributed by atoms with Crippen molar-refractivity contribution in [1.29, 1.82) is 0 Å². The van der Waals surface area contributed by atoms with Crippen LogP contribution in [-0.2, 0) is 6.42 Å². The van der Waals surface area contributed by atoms with Gasteiger partial charge in [-0.05, 0) is 85.0 Å². The summed E-state index contributed by atoms with van der Waals surface area (Å²) in [5.74, 6) is -0.451. The maximum atomic E-state index is 15.0. The average Bonchev–Trinajstić information content (AvgIpc) is 3.63. The van der Waals surface area contributed by atoms with Crippen molar-refractivity contribution in [3.63, 3.8) is 0 Å². The van der Waals surface area contributed by atoms with E-state index in [1.807, 2.05) is 12.1 Å². The molecule has 0 amide bonds. The number of hydrogen-bond donors (Lipinski definition) is 1. The summed E-state index contributed by atoms with van der Waals surface area (Å²) in [6.07, 6.45) is 5.16. The lowest BCUT2D eigenvalue weighted by molar-refractivity contribution is 0.0991. The fourth-order valence-electron chi connectivity index (χ4n) is 4.44. The van der Waals surface area contributed by atoms with Gasteiger partial charge in [-0.2, -0.15) is 5.10 Å². The number of nitrogens with one attached hydrogen (secondary N) is 1. The topological polar surface area (TPSA) is 77.0 Å². The molecule has 2 heterocycles. The third-order valence-corrected chi connectivity index (χ3v) is 6.52. The quantitative estimate of drug-likeness (QED) is 0.276. The van der Waals surface area contributed by atoms with E-state index in [1.165, 1.54) is 53.2 Å². The first-order valence-corrected chi connectivity index (χ1v) is 11.9. The number of hydrogen-bond acceptors (Lipinski definition) is 4. The molecule has 8 heteroatoms. The van der Waals surface area contributed by atoms with Gasteiger partial charge in [0.05, 0.1) is 17.3 Å². The zero-order chi connectivity index (χ0) is 25.5. The van der Waals surface area contributed by atoms with Gasteiger partial charge in [0.15, 0.2) is 17.3 Å². The van der Waals surface area contributed by atoms with Crippen LogP contribution in [0.5, 0.6) is 11.5 Å². The average molecular weight is 498 g/mol. The number of aromatic nitrogens is 3. The van der Waals surface area contributed by atoms with Gasteiger partial charge in [-0.15, -0.1) is 0 Å². The molecule has 0 atom stereocenters. The Kier molecular flexibility index (Phi) is 5.64. The molecule has 1 aliphatic rings. The van der Waals surface area contributed by atoms with Gasteiger partial charge in [-0.1, -0.05) is 6.07 Å². The standard InChI is InChI=1S/C29H21F2N3O3/c30-20-6-8-21(9-7-20)34-11-1-2-22(29(34)36)26(35)13-17-3-10-27(24(31)12-17)37-28-14-19-16-32-33-25(19)15-23(28)18-4-5-18/h1-3,6-12,14-16,18H,4-5,13H2,(H,32,33). The molecule has 0 spiro atoms. The third-order valence-electron chi connectivity index (χ3n) is 6.52. The number of carbonyl (C=O) groups excluding carboxylic acids is 1. The molecule has 37 heavy (non-hydrogen) atoms. The molecule has 1 saturated carbocycles. The number of pyridine rings is 1. The molecule has 6 nitrogen and oxygen atoms in total. The first-order valence-electron chi connectivity index (χ1n) is 11.9. The van der Waals surface area contributed by atoms with E-state index >= 15 is 4.39 Å². The van der Waals surface area contributed by atoms with Crippen LogP contribution < -0.4 is 10.3 Å². The van der Waals surface area contributed by atoms with Crippen LogP contribution in [0.2, 0.25) is 0 Å². The van der Waals surface area contributed by atoms with Gasteiger partial charge in [0, 0.05) is 29.3 Å². The van der Waals surface area contributed by atoms with Crippen LogP contribution in [0.4, 0.5) is 8.78 Å². The number of halogens is 2. The number of carbonyl (C=O) groups is 1. The largest absolute Gasteiger partial charge is 0.454 e. The molecular weight excluding hydrogens is 476 g/mol. The lowest BCUT2D eigenvalue weighted by Gasteiger charge is -2.13. The van der Waals surface area contributed by atoms with Crippen LogP contribution in [0.1, 0.15) is 40.2 Å². The second-order valence-electron chi connectivity index (χ2n) is 9.16. The van der Waals surface area contributed by atoms with E-state index in [0.717, 1.165) is 29.3 Å². The van der Waals surface area contributed by atoms with Gasteiger partial charge >= 0.3 is 0 Å². The number of ether oxygens (including phenoxy) is 1. The number of H-pyrrole nitrogens is 1. The smallest absolute Gasteiger partial charge is 0.265 e. The van der Waals surface area contributed by atoms with E-state index in [0.29, 0.717) is 22.9 Å². The number of ketones is 1. The van der Waals surface area contributed by atoms with Gasteiger partial charge in [0.2, 0.25) is 0 Å². The predicted octanol–water partition coefficient (Wildman–Crippen LogP) is 6.09. The highest BCUT2D eigenvalue weighted by atomic mass is 19.1. The SMILES string of the molecule is O=C(Cc1ccc(Oc2cc3cn[nH]c3cc2C2CC2)c(F)c1)c1cccn(-c2ccc(F)cc2)c1=O. The lowest BCUT2D eigenvalue weighted by Crippen LogP contribution is -2.25. The number of benzene rings is 3. The van der Waals surface area contributed by atoms with Gasteiger partial charge in [-0.3, -0.25) is 19.3 Å². The second-order valence-corrected chi connectivity index (χ2v) is 9.16. The highest BCUT2D eigenvalue weighted by molar-refractivity contribution is 5.97. The molecule has 184 valence electrons. The Morgan fingerprint density at radius 3 is 2.59 bits per heavy atom. The van der Waals surface area contributed by atoms with Crippen LogP contribution in [-0.4, -0.2) is 20.5 Å². The third kappa shape index (κ3) is 4.53. The van der Waals surface area contributed by atoms with Crippen LogP contribution in [0, 0.1) is 11.6 Å². The molecular formula is C29H21F2N3O3. The zero-order valence-corrected chi connectivity index (χ0v) is 19.6. The highest BCUT2D eigenvalue weighted by Gasteiger charge is 2.28. The van der Waals surface area contributed by atoms with E-state index in [2.05, 4.69) is 10.2 Å². The molecule has 0 unspecified atom stereocenters. The summed E-state index contributed by atoms with van der Waals surface area (Å²) in [4.78, 5) is 25.9. The van der Waals surface area contributed by atoms with Crippen molar-refractivity contribution in [3.05, 3.63) is 118 Å². The predicted molar refractivity (Wildman–Crippen MR) is 135 cm³/mol.